The summed E-state index contributed by atoms with van der Waals surface area (Å²) in [5.41, 5.74) is 0. The third-order valence-corrected chi connectivity index (χ3v) is 2.18. The minimum Gasteiger partial charge on any atom is -0.494 e. The lowest BCUT2D eigenvalue weighted by Gasteiger charge is -2.01. The van der Waals surface area contributed by atoms with Gasteiger partial charge in [-0.15, -0.1) is 0 Å². The molecule has 0 aliphatic carbocycles. The van der Waals surface area contributed by atoms with E-state index in [2.05, 4.69) is 0 Å². The van der Waals surface area contributed by atoms with Gasteiger partial charge in [-0.1, -0.05) is 0 Å². The van der Waals surface area contributed by atoms with Gasteiger partial charge in [0.25, 0.3) is 0 Å². The number of hydrogen-bond donors (Lipinski definition) is 0. The Labute approximate surface area is 73.0 Å². The fourth-order valence-electron chi connectivity index (χ4n) is 0.695. The maximum absolute atomic E-state index is 12.8. The second-order valence-electron chi connectivity index (χ2n) is 1.87. The molecule has 0 heterocycles. The van der Waals surface area contributed by atoms with Crippen molar-refractivity contribution in [3.05, 3.63) is 24.0 Å². The number of rotatable bonds is 2. The van der Waals surface area contributed by atoms with Crippen LogP contribution in [0.3, 0.4) is 0 Å². The quantitative estimate of drug-likeness (QED) is 0.712. The third-order valence-electron chi connectivity index (χ3n) is 1.21. The Balaban J connectivity index is 2.99. The SMILES string of the molecule is COc1ccc(SCl)cc1F. The lowest BCUT2D eigenvalue weighted by Crippen LogP contribution is -1.86. The first-order chi connectivity index (χ1) is 5.27. The fraction of sp³-hybridized carbons (Fsp3) is 0.143. The van der Waals surface area contributed by atoms with Crippen LogP contribution in [0.2, 0.25) is 0 Å². The highest BCUT2D eigenvalue weighted by Crippen LogP contribution is 2.26. The first-order valence-corrected chi connectivity index (χ1v) is 4.54. The number of benzene rings is 1. The van der Waals surface area contributed by atoms with Crippen molar-refractivity contribution in [1.29, 1.82) is 0 Å². The summed E-state index contributed by atoms with van der Waals surface area (Å²) in [6.07, 6.45) is 0. The number of methoxy groups -OCH3 is 1. The molecule has 0 saturated carbocycles. The van der Waals surface area contributed by atoms with Gasteiger partial charge < -0.3 is 4.74 Å². The molecule has 60 valence electrons. The second kappa shape index (κ2) is 3.83. The molecule has 1 rings (SSSR count). The second-order valence-corrected chi connectivity index (χ2v) is 2.96. The summed E-state index contributed by atoms with van der Waals surface area (Å²) < 4.78 is 17.6. The highest BCUT2D eigenvalue weighted by molar-refractivity contribution is 8.21. The predicted octanol–water partition coefficient (Wildman–Crippen LogP) is 3.08. The Bertz CT molecular complexity index is 254. The molecule has 1 aromatic rings. The minimum atomic E-state index is -0.391. The molecule has 1 aromatic carbocycles. The van der Waals surface area contributed by atoms with Crippen molar-refractivity contribution in [2.24, 2.45) is 0 Å². The van der Waals surface area contributed by atoms with Gasteiger partial charge in [-0.25, -0.2) is 4.39 Å². The van der Waals surface area contributed by atoms with Crippen LogP contribution in [-0.2, 0) is 0 Å². The minimum absolute atomic E-state index is 0.236. The van der Waals surface area contributed by atoms with Crippen molar-refractivity contribution in [2.75, 3.05) is 7.11 Å². The van der Waals surface area contributed by atoms with Crippen LogP contribution in [0.25, 0.3) is 0 Å². The van der Waals surface area contributed by atoms with Gasteiger partial charge in [0, 0.05) is 4.90 Å². The Morgan fingerprint density at radius 2 is 2.27 bits per heavy atom. The maximum atomic E-state index is 12.8. The molecule has 0 aliphatic rings. The molecule has 0 radical (unpaired) electrons. The molecule has 4 heteroatoms. The highest BCUT2D eigenvalue weighted by atomic mass is 35.7. The van der Waals surface area contributed by atoms with Gasteiger partial charge in [0.05, 0.1) is 7.11 Å². The molecule has 0 fully saturated rings. The van der Waals surface area contributed by atoms with Gasteiger partial charge in [-0.2, -0.15) is 0 Å². The van der Waals surface area contributed by atoms with Crippen molar-refractivity contribution in [1.82, 2.24) is 0 Å². The van der Waals surface area contributed by atoms with Crippen LogP contribution >= 0.6 is 21.7 Å². The van der Waals surface area contributed by atoms with E-state index in [0.29, 0.717) is 4.90 Å². The van der Waals surface area contributed by atoms with Gasteiger partial charge in [0.1, 0.15) is 0 Å². The van der Waals surface area contributed by atoms with E-state index in [0.717, 1.165) is 11.0 Å². The molecule has 1 nitrogen and oxygen atoms in total. The van der Waals surface area contributed by atoms with Crippen LogP contribution in [0, 0.1) is 5.82 Å². The molecule has 0 aromatic heterocycles. The summed E-state index contributed by atoms with van der Waals surface area (Å²) in [6.45, 7) is 0. The zero-order valence-electron chi connectivity index (χ0n) is 5.80. The number of hydrogen-bond acceptors (Lipinski definition) is 2. The largest absolute Gasteiger partial charge is 0.494 e. The molecule has 0 spiro atoms. The van der Waals surface area contributed by atoms with Crippen LogP contribution in [-0.4, -0.2) is 7.11 Å². The van der Waals surface area contributed by atoms with Crippen molar-refractivity contribution < 1.29 is 9.13 Å². The number of halogens is 2. The topological polar surface area (TPSA) is 9.23 Å². The Kier molecular flexibility index (Phi) is 3.02. The van der Waals surface area contributed by atoms with Gasteiger partial charge in [-0.05, 0) is 39.9 Å². The lowest BCUT2D eigenvalue weighted by molar-refractivity contribution is 0.385. The Hall–Kier alpha value is -0.410. The maximum Gasteiger partial charge on any atom is 0.166 e. The van der Waals surface area contributed by atoms with E-state index in [1.165, 1.54) is 13.2 Å². The zero-order chi connectivity index (χ0) is 8.27. The molecule has 0 bridgehead atoms. The molecule has 0 saturated heterocycles. The predicted molar refractivity (Wildman–Crippen MR) is 44.7 cm³/mol. The van der Waals surface area contributed by atoms with Gasteiger partial charge >= 0.3 is 0 Å². The Morgan fingerprint density at radius 1 is 1.55 bits per heavy atom. The monoisotopic (exact) mass is 192 g/mol. The summed E-state index contributed by atoms with van der Waals surface area (Å²) in [4.78, 5) is 0.671. The van der Waals surface area contributed by atoms with Crippen molar-refractivity contribution >= 4 is 21.7 Å². The smallest absolute Gasteiger partial charge is 0.166 e. The van der Waals surface area contributed by atoms with Crippen molar-refractivity contribution in [2.45, 2.75) is 4.90 Å². The first kappa shape index (κ1) is 8.68. The number of ether oxygens (including phenoxy) is 1. The normalized spacial score (nSPS) is 9.73. The molecule has 0 atom stereocenters. The van der Waals surface area contributed by atoms with E-state index < -0.39 is 5.82 Å². The van der Waals surface area contributed by atoms with Crippen LogP contribution in [0.1, 0.15) is 0 Å². The van der Waals surface area contributed by atoms with Crippen LogP contribution in [0.5, 0.6) is 5.75 Å². The summed E-state index contributed by atoms with van der Waals surface area (Å²) in [6, 6.07) is 4.57. The van der Waals surface area contributed by atoms with Crippen molar-refractivity contribution in [3.63, 3.8) is 0 Å². The summed E-state index contributed by atoms with van der Waals surface area (Å²) in [5.74, 6) is -0.155. The van der Waals surface area contributed by atoms with Gasteiger partial charge in [-0.3, -0.25) is 0 Å². The van der Waals surface area contributed by atoms with Gasteiger partial charge in [0.15, 0.2) is 11.6 Å². The van der Waals surface area contributed by atoms with E-state index in [1.807, 2.05) is 0 Å². The highest BCUT2D eigenvalue weighted by Gasteiger charge is 2.01. The van der Waals surface area contributed by atoms with Crippen LogP contribution in [0.15, 0.2) is 23.1 Å². The summed E-state index contributed by atoms with van der Waals surface area (Å²) >= 11 is 0. The summed E-state index contributed by atoms with van der Waals surface area (Å²) in [5, 5.41) is 0. The lowest BCUT2D eigenvalue weighted by atomic mass is 10.3. The van der Waals surface area contributed by atoms with Crippen molar-refractivity contribution in [3.8, 4) is 5.75 Å². The molecule has 0 N–H and O–H groups in total. The van der Waals surface area contributed by atoms with E-state index in [4.69, 9.17) is 15.4 Å². The van der Waals surface area contributed by atoms with E-state index >= 15 is 0 Å². The standard InChI is InChI=1S/C7H6ClFOS/c1-10-7-3-2-5(11-8)4-6(7)9/h2-4H,1H3. The Morgan fingerprint density at radius 3 is 2.73 bits per heavy atom. The molecule has 11 heavy (non-hydrogen) atoms. The summed E-state index contributed by atoms with van der Waals surface area (Å²) in [7, 11) is 7.80. The third kappa shape index (κ3) is 2.01. The van der Waals surface area contributed by atoms with Gasteiger partial charge in [0.2, 0.25) is 0 Å². The first-order valence-electron chi connectivity index (χ1n) is 2.90. The fourth-order valence-corrected chi connectivity index (χ4v) is 1.25. The van der Waals surface area contributed by atoms with Crippen LogP contribution < -0.4 is 4.74 Å². The zero-order valence-corrected chi connectivity index (χ0v) is 7.38. The van der Waals surface area contributed by atoms with E-state index in [1.54, 1.807) is 12.1 Å². The molecular formula is C7H6ClFOS. The molecule has 0 amide bonds. The average molecular weight is 193 g/mol. The van der Waals surface area contributed by atoms with Crippen LogP contribution in [0.4, 0.5) is 4.39 Å². The van der Waals surface area contributed by atoms with E-state index in [9.17, 15) is 4.39 Å². The van der Waals surface area contributed by atoms with E-state index in [-0.39, 0.29) is 5.75 Å². The molecule has 0 unspecified atom stereocenters. The average Bonchev–Trinajstić information content (AvgIpc) is 2.04. The molecular weight excluding hydrogens is 187 g/mol. The molecule has 0 aliphatic heterocycles.